The Balaban J connectivity index is 2.34. The third-order valence-electron chi connectivity index (χ3n) is 2.10. The van der Waals surface area contributed by atoms with Gasteiger partial charge in [-0.1, -0.05) is 0 Å². The van der Waals surface area contributed by atoms with Crippen LogP contribution in [0.3, 0.4) is 0 Å². The normalized spacial score (nSPS) is 11.6. The number of rotatable bonds is 2. The molecule has 0 unspecified atom stereocenters. The van der Waals surface area contributed by atoms with Crippen molar-refractivity contribution in [3.05, 3.63) is 16.9 Å². The fourth-order valence-electron chi connectivity index (χ4n) is 1.39. The first-order valence-corrected chi connectivity index (χ1v) is 6.31. The molecule has 0 aliphatic rings. The summed E-state index contributed by atoms with van der Waals surface area (Å²) >= 11 is 1.42. The number of hydrogen-bond donors (Lipinski definition) is 1. The molecule has 0 saturated heterocycles. The number of thiazole rings is 1. The van der Waals surface area contributed by atoms with Gasteiger partial charge in [-0.05, 0) is 27.7 Å². The van der Waals surface area contributed by atoms with Gasteiger partial charge in [-0.3, -0.25) is 0 Å². The highest BCUT2D eigenvalue weighted by atomic mass is 32.1. The van der Waals surface area contributed by atoms with Crippen LogP contribution in [0.25, 0.3) is 10.6 Å². The summed E-state index contributed by atoms with van der Waals surface area (Å²) in [6.07, 6.45) is 0. The summed E-state index contributed by atoms with van der Waals surface area (Å²) in [6.45, 7) is 7.28. The van der Waals surface area contributed by atoms with Gasteiger partial charge in [-0.2, -0.15) is 10.3 Å². The van der Waals surface area contributed by atoms with E-state index in [0.29, 0.717) is 5.69 Å². The highest BCUT2D eigenvalue weighted by Crippen LogP contribution is 2.28. The predicted octanol–water partition coefficient (Wildman–Crippen LogP) is 2.19. The van der Waals surface area contributed by atoms with E-state index < -0.39 is 11.6 Å². The lowest BCUT2D eigenvalue weighted by Crippen LogP contribution is -2.24. The Hall–Kier alpha value is -1.76. The van der Waals surface area contributed by atoms with Crippen LogP contribution in [-0.4, -0.2) is 32.0 Å². The van der Waals surface area contributed by atoms with Crippen molar-refractivity contribution in [2.24, 2.45) is 0 Å². The predicted molar refractivity (Wildman–Crippen MR) is 67.4 cm³/mol. The Morgan fingerprint density at radius 2 is 2.11 bits per heavy atom. The summed E-state index contributed by atoms with van der Waals surface area (Å²) in [4.78, 5) is 16.9. The quantitative estimate of drug-likeness (QED) is 0.843. The minimum absolute atomic E-state index is 0.192. The molecule has 2 heterocycles. The zero-order valence-electron chi connectivity index (χ0n) is 10.6. The first-order valence-electron chi connectivity index (χ1n) is 5.43. The SMILES string of the molecule is Cc1ncsc1-c1n[nH]nc1C(=O)OC(C)(C)C. The van der Waals surface area contributed by atoms with E-state index in [1.807, 2.05) is 27.7 Å². The average Bonchev–Trinajstić information content (AvgIpc) is 2.82. The molecule has 2 aromatic heterocycles. The Labute approximate surface area is 108 Å². The first-order chi connectivity index (χ1) is 8.38. The van der Waals surface area contributed by atoms with Crippen molar-refractivity contribution in [1.82, 2.24) is 20.4 Å². The molecule has 0 spiro atoms. The highest BCUT2D eigenvalue weighted by Gasteiger charge is 2.25. The third kappa shape index (κ3) is 2.56. The van der Waals surface area contributed by atoms with Crippen LogP contribution >= 0.6 is 11.3 Å². The van der Waals surface area contributed by atoms with E-state index in [-0.39, 0.29) is 5.69 Å². The van der Waals surface area contributed by atoms with E-state index in [9.17, 15) is 4.79 Å². The lowest BCUT2D eigenvalue weighted by molar-refractivity contribution is 0.00638. The molecule has 0 fully saturated rings. The van der Waals surface area contributed by atoms with Crippen molar-refractivity contribution in [2.45, 2.75) is 33.3 Å². The Kier molecular flexibility index (Phi) is 3.16. The molecule has 7 heteroatoms. The van der Waals surface area contributed by atoms with Gasteiger partial charge in [0.05, 0.1) is 16.1 Å². The summed E-state index contributed by atoms with van der Waals surface area (Å²) in [5, 5.41) is 10.3. The molecule has 0 aliphatic heterocycles. The third-order valence-corrected chi connectivity index (χ3v) is 3.04. The minimum atomic E-state index is -0.559. The second-order valence-electron chi connectivity index (χ2n) is 4.79. The molecule has 18 heavy (non-hydrogen) atoms. The number of nitrogens with one attached hydrogen (secondary N) is 1. The van der Waals surface area contributed by atoms with Crippen LogP contribution in [-0.2, 0) is 4.74 Å². The average molecular weight is 266 g/mol. The molecule has 0 saturated carbocycles. The number of aryl methyl sites for hydroxylation is 1. The minimum Gasteiger partial charge on any atom is -0.455 e. The van der Waals surface area contributed by atoms with Crippen LogP contribution in [0, 0.1) is 6.92 Å². The molecule has 0 aromatic carbocycles. The second kappa shape index (κ2) is 4.49. The molecular weight excluding hydrogens is 252 g/mol. The van der Waals surface area contributed by atoms with Gasteiger partial charge in [0, 0.05) is 0 Å². The summed E-state index contributed by atoms with van der Waals surface area (Å²) in [5.74, 6) is -0.487. The number of aromatic amines is 1. The van der Waals surface area contributed by atoms with Crippen molar-refractivity contribution in [3.63, 3.8) is 0 Å². The number of H-pyrrole nitrogens is 1. The molecule has 1 N–H and O–H groups in total. The van der Waals surface area contributed by atoms with Gasteiger partial charge in [-0.15, -0.1) is 16.4 Å². The van der Waals surface area contributed by atoms with E-state index in [0.717, 1.165) is 10.6 Å². The van der Waals surface area contributed by atoms with Crippen LogP contribution < -0.4 is 0 Å². The number of ether oxygens (including phenoxy) is 1. The van der Waals surface area contributed by atoms with Gasteiger partial charge in [0.25, 0.3) is 0 Å². The maximum Gasteiger partial charge on any atom is 0.361 e. The van der Waals surface area contributed by atoms with Gasteiger partial charge in [0.15, 0.2) is 5.69 Å². The van der Waals surface area contributed by atoms with E-state index in [2.05, 4.69) is 20.4 Å². The van der Waals surface area contributed by atoms with Crippen molar-refractivity contribution in [2.75, 3.05) is 0 Å². The van der Waals surface area contributed by atoms with Crippen molar-refractivity contribution in [1.29, 1.82) is 0 Å². The zero-order chi connectivity index (χ0) is 13.3. The molecular formula is C11H14N4O2S. The molecule has 6 nitrogen and oxygen atoms in total. The smallest absolute Gasteiger partial charge is 0.361 e. The molecule has 0 aliphatic carbocycles. The summed E-state index contributed by atoms with van der Waals surface area (Å²) < 4.78 is 5.28. The largest absolute Gasteiger partial charge is 0.455 e. The molecule has 0 radical (unpaired) electrons. The van der Waals surface area contributed by atoms with Crippen LogP contribution in [0.4, 0.5) is 0 Å². The summed E-state index contributed by atoms with van der Waals surface area (Å²) in [7, 11) is 0. The number of carbonyl (C=O) groups is 1. The number of esters is 1. The standard InChI is InChI=1S/C11H14N4O2S/c1-6-9(18-5-12-6)7-8(14-15-13-7)10(16)17-11(2,3)4/h5H,1-4H3,(H,13,14,15). The van der Waals surface area contributed by atoms with Crippen molar-refractivity contribution >= 4 is 17.3 Å². The molecule has 2 rings (SSSR count). The van der Waals surface area contributed by atoms with Gasteiger partial charge in [-0.25, -0.2) is 9.78 Å². The molecule has 96 valence electrons. The van der Waals surface area contributed by atoms with Gasteiger partial charge >= 0.3 is 5.97 Å². The van der Waals surface area contributed by atoms with Gasteiger partial charge < -0.3 is 4.74 Å². The highest BCUT2D eigenvalue weighted by molar-refractivity contribution is 7.13. The summed E-state index contributed by atoms with van der Waals surface area (Å²) in [6, 6.07) is 0. The fraction of sp³-hybridized carbons (Fsp3) is 0.455. The summed E-state index contributed by atoms with van der Waals surface area (Å²) in [5.41, 5.74) is 2.65. The van der Waals surface area contributed by atoms with Crippen molar-refractivity contribution < 1.29 is 9.53 Å². The molecule has 0 atom stereocenters. The molecule has 0 bridgehead atoms. The Morgan fingerprint density at radius 3 is 2.67 bits per heavy atom. The van der Waals surface area contributed by atoms with E-state index >= 15 is 0 Å². The number of nitrogens with zero attached hydrogens (tertiary/aromatic N) is 3. The Morgan fingerprint density at radius 1 is 1.39 bits per heavy atom. The molecule has 0 amide bonds. The van der Waals surface area contributed by atoms with Gasteiger partial charge in [0.1, 0.15) is 11.3 Å². The first kappa shape index (κ1) is 12.7. The van der Waals surface area contributed by atoms with Crippen LogP contribution in [0.15, 0.2) is 5.51 Å². The monoisotopic (exact) mass is 266 g/mol. The molecule has 2 aromatic rings. The maximum atomic E-state index is 12.0. The van der Waals surface area contributed by atoms with Crippen LogP contribution in [0.1, 0.15) is 37.0 Å². The second-order valence-corrected chi connectivity index (χ2v) is 5.64. The van der Waals surface area contributed by atoms with Crippen molar-refractivity contribution in [3.8, 4) is 10.6 Å². The van der Waals surface area contributed by atoms with Crippen LogP contribution in [0.2, 0.25) is 0 Å². The Bertz CT molecular complexity index is 568. The zero-order valence-corrected chi connectivity index (χ0v) is 11.5. The van der Waals surface area contributed by atoms with E-state index in [1.165, 1.54) is 11.3 Å². The fourth-order valence-corrected chi connectivity index (χ4v) is 2.18. The number of carbonyl (C=O) groups excluding carboxylic acids is 1. The van der Waals surface area contributed by atoms with Gasteiger partial charge in [0.2, 0.25) is 0 Å². The topological polar surface area (TPSA) is 80.8 Å². The lowest BCUT2D eigenvalue weighted by atomic mass is 10.2. The lowest BCUT2D eigenvalue weighted by Gasteiger charge is -2.18. The number of aromatic nitrogens is 4. The van der Waals surface area contributed by atoms with E-state index in [4.69, 9.17) is 4.74 Å². The van der Waals surface area contributed by atoms with Crippen LogP contribution in [0.5, 0.6) is 0 Å². The van der Waals surface area contributed by atoms with E-state index in [1.54, 1.807) is 5.51 Å². The maximum absolute atomic E-state index is 12.0. The number of hydrogen-bond acceptors (Lipinski definition) is 6.